The Morgan fingerprint density at radius 3 is 2.58 bits per heavy atom. The summed E-state index contributed by atoms with van der Waals surface area (Å²) in [6.45, 7) is 2.50. The van der Waals surface area contributed by atoms with E-state index in [0.29, 0.717) is 23.7 Å². The molecule has 0 heterocycles. The van der Waals surface area contributed by atoms with E-state index < -0.39 is 0 Å². The number of carbonyl (C=O) groups is 2. The van der Waals surface area contributed by atoms with Crippen LogP contribution < -0.4 is 10.6 Å². The van der Waals surface area contributed by atoms with E-state index >= 15 is 0 Å². The van der Waals surface area contributed by atoms with Crippen LogP contribution in [0, 0.1) is 18.8 Å². The standard InChI is InChI=1S/C19H19ClN2O2/c1-12-4-2-5-13(8-12)11-21-18(23)16-10-17(16)19(24)22-15-7-3-6-14(20)9-15/h2-9,16-17H,10-11H2,1H3,(H,21,23)(H,22,24). The van der Waals surface area contributed by atoms with E-state index in [0.717, 1.165) is 11.1 Å². The van der Waals surface area contributed by atoms with E-state index in [4.69, 9.17) is 11.6 Å². The minimum atomic E-state index is -0.263. The molecule has 0 saturated heterocycles. The summed E-state index contributed by atoms with van der Waals surface area (Å²) in [5.41, 5.74) is 2.87. The van der Waals surface area contributed by atoms with Crippen molar-refractivity contribution in [1.29, 1.82) is 0 Å². The molecule has 1 fully saturated rings. The highest BCUT2D eigenvalue weighted by molar-refractivity contribution is 6.30. The Morgan fingerprint density at radius 2 is 1.83 bits per heavy atom. The van der Waals surface area contributed by atoms with Gasteiger partial charge in [-0.05, 0) is 37.1 Å². The quantitative estimate of drug-likeness (QED) is 0.873. The second kappa shape index (κ2) is 7.05. The fraction of sp³-hybridized carbons (Fsp3) is 0.263. The number of carbonyl (C=O) groups excluding carboxylic acids is 2. The van der Waals surface area contributed by atoms with Gasteiger partial charge >= 0.3 is 0 Å². The van der Waals surface area contributed by atoms with E-state index in [1.165, 1.54) is 0 Å². The van der Waals surface area contributed by atoms with Crippen molar-refractivity contribution in [1.82, 2.24) is 5.32 Å². The van der Waals surface area contributed by atoms with Gasteiger partial charge in [0.2, 0.25) is 11.8 Å². The van der Waals surface area contributed by atoms with E-state index in [-0.39, 0.29) is 23.7 Å². The molecule has 124 valence electrons. The molecule has 0 aliphatic heterocycles. The van der Waals surface area contributed by atoms with Gasteiger partial charge in [0.25, 0.3) is 0 Å². The topological polar surface area (TPSA) is 58.2 Å². The van der Waals surface area contributed by atoms with Crippen LogP contribution in [0.1, 0.15) is 17.5 Å². The van der Waals surface area contributed by atoms with Crippen molar-refractivity contribution >= 4 is 29.1 Å². The number of aryl methyl sites for hydroxylation is 1. The normalized spacial score (nSPS) is 18.8. The zero-order chi connectivity index (χ0) is 17.1. The minimum absolute atomic E-state index is 0.0669. The minimum Gasteiger partial charge on any atom is -0.352 e. The van der Waals surface area contributed by atoms with Crippen LogP contribution in [0.4, 0.5) is 5.69 Å². The van der Waals surface area contributed by atoms with Crippen LogP contribution in [0.3, 0.4) is 0 Å². The predicted molar refractivity (Wildman–Crippen MR) is 94.7 cm³/mol. The van der Waals surface area contributed by atoms with Crippen molar-refractivity contribution in [3.8, 4) is 0 Å². The van der Waals surface area contributed by atoms with Gasteiger partial charge in [-0.3, -0.25) is 9.59 Å². The van der Waals surface area contributed by atoms with Gasteiger partial charge in [0.05, 0.1) is 11.8 Å². The first kappa shape index (κ1) is 16.5. The average molecular weight is 343 g/mol. The lowest BCUT2D eigenvalue weighted by atomic mass is 10.1. The van der Waals surface area contributed by atoms with Gasteiger partial charge in [-0.2, -0.15) is 0 Å². The van der Waals surface area contributed by atoms with Crippen LogP contribution in [0.2, 0.25) is 5.02 Å². The summed E-state index contributed by atoms with van der Waals surface area (Å²) in [6, 6.07) is 15.0. The van der Waals surface area contributed by atoms with E-state index in [9.17, 15) is 9.59 Å². The number of anilines is 1. The number of rotatable bonds is 5. The number of nitrogens with one attached hydrogen (secondary N) is 2. The molecule has 0 aromatic heterocycles. The first-order valence-corrected chi connectivity index (χ1v) is 8.30. The molecule has 0 radical (unpaired) electrons. The molecule has 0 spiro atoms. The lowest BCUT2D eigenvalue weighted by Crippen LogP contribution is -2.27. The summed E-state index contributed by atoms with van der Waals surface area (Å²) in [5.74, 6) is -0.703. The molecule has 1 aliphatic rings. The zero-order valence-corrected chi connectivity index (χ0v) is 14.1. The molecule has 1 saturated carbocycles. The molecule has 2 atom stereocenters. The Balaban J connectivity index is 1.49. The first-order chi connectivity index (χ1) is 11.5. The summed E-state index contributed by atoms with van der Waals surface area (Å²) < 4.78 is 0. The second-order valence-corrected chi connectivity index (χ2v) is 6.59. The zero-order valence-electron chi connectivity index (χ0n) is 13.4. The summed E-state index contributed by atoms with van der Waals surface area (Å²) in [7, 11) is 0. The molecular weight excluding hydrogens is 324 g/mol. The summed E-state index contributed by atoms with van der Waals surface area (Å²) in [6.07, 6.45) is 0.589. The highest BCUT2D eigenvalue weighted by atomic mass is 35.5. The van der Waals surface area contributed by atoms with Crippen LogP contribution in [-0.4, -0.2) is 11.8 Å². The van der Waals surface area contributed by atoms with Crippen molar-refractivity contribution in [2.45, 2.75) is 19.9 Å². The van der Waals surface area contributed by atoms with Crippen LogP contribution in [0.25, 0.3) is 0 Å². The SMILES string of the molecule is Cc1cccc(CNC(=O)C2CC2C(=O)Nc2cccc(Cl)c2)c1. The van der Waals surface area contributed by atoms with Gasteiger partial charge in [-0.1, -0.05) is 47.5 Å². The van der Waals surface area contributed by atoms with E-state index in [1.807, 2.05) is 31.2 Å². The maximum Gasteiger partial charge on any atom is 0.228 e. The lowest BCUT2D eigenvalue weighted by Gasteiger charge is -2.07. The molecule has 2 aromatic carbocycles. The molecular formula is C19H19ClN2O2. The maximum absolute atomic E-state index is 12.2. The smallest absolute Gasteiger partial charge is 0.228 e. The highest BCUT2D eigenvalue weighted by Gasteiger charge is 2.47. The number of halogens is 1. The van der Waals surface area contributed by atoms with Gasteiger partial charge in [0.15, 0.2) is 0 Å². The molecule has 3 rings (SSSR count). The third-order valence-corrected chi connectivity index (χ3v) is 4.34. The van der Waals surface area contributed by atoms with Crippen molar-refractivity contribution in [3.05, 3.63) is 64.7 Å². The molecule has 2 N–H and O–H groups in total. The maximum atomic E-state index is 12.2. The number of hydrogen-bond acceptors (Lipinski definition) is 2. The second-order valence-electron chi connectivity index (χ2n) is 6.16. The molecule has 2 amide bonds. The lowest BCUT2D eigenvalue weighted by molar-refractivity contribution is -0.125. The van der Waals surface area contributed by atoms with Crippen molar-refractivity contribution in [3.63, 3.8) is 0 Å². The molecule has 2 aromatic rings. The Labute approximate surface area is 146 Å². The summed E-state index contributed by atoms with van der Waals surface area (Å²) >= 11 is 5.90. The number of hydrogen-bond donors (Lipinski definition) is 2. The molecule has 5 heteroatoms. The van der Waals surface area contributed by atoms with E-state index in [2.05, 4.69) is 10.6 Å². The first-order valence-electron chi connectivity index (χ1n) is 7.92. The molecule has 24 heavy (non-hydrogen) atoms. The van der Waals surface area contributed by atoms with E-state index in [1.54, 1.807) is 24.3 Å². The monoisotopic (exact) mass is 342 g/mol. The van der Waals surface area contributed by atoms with Crippen LogP contribution >= 0.6 is 11.6 Å². The third kappa shape index (κ3) is 4.15. The molecule has 1 aliphatic carbocycles. The highest BCUT2D eigenvalue weighted by Crippen LogP contribution is 2.39. The largest absolute Gasteiger partial charge is 0.352 e. The number of amides is 2. The molecule has 2 unspecified atom stereocenters. The Kier molecular flexibility index (Phi) is 4.86. The summed E-state index contributed by atoms with van der Waals surface area (Å²) in [4.78, 5) is 24.4. The fourth-order valence-electron chi connectivity index (χ4n) is 2.72. The van der Waals surface area contributed by atoms with Gasteiger partial charge in [0, 0.05) is 17.3 Å². The predicted octanol–water partition coefficient (Wildman–Crippen LogP) is 3.54. The third-order valence-electron chi connectivity index (χ3n) is 4.11. The van der Waals surface area contributed by atoms with Crippen LogP contribution in [0.15, 0.2) is 48.5 Å². The fourth-order valence-corrected chi connectivity index (χ4v) is 2.91. The summed E-state index contributed by atoms with van der Waals surface area (Å²) in [5, 5.41) is 6.28. The van der Waals surface area contributed by atoms with Gasteiger partial charge in [-0.25, -0.2) is 0 Å². The molecule has 0 bridgehead atoms. The van der Waals surface area contributed by atoms with Crippen LogP contribution in [0.5, 0.6) is 0 Å². The van der Waals surface area contributed by atoms with Crippen LogP contribution in [-0.2, 0) is 16.1 Å². The Hall–Kier alpha value is -2.33. The van der Waals surface area contributed by atoms with Gasteiger partial charge in [0.1, 0.15) is 0 Å². The van der Waals surface area contributed by atoms with Gasteiger partial charge in [-0.15, -0.1) is 0 Å². The van der Waals surface area contributed by atoms with Gasteiger partial charge < -0.3 is 10.6 Å². The van der Waals surface area contributed by atoms with Crippen molar-refractivity contribution in [2.24, 2.45) is 11.8 Å². The molecule has 4 nitrogen and oxygen atoms in total. The van der Waals surface area contributed by atoms with Crippen molar-refractivity contribution in [2.75, 3.05) is 5.32 Å². The Bertz CT molecular complexity index is 775. The number of benzene rings is 2. The Morgan fingerprint density at radius 1 is 1.08 bits per heavy atom. The van der Waals surface area contributed by atoms with Crippen molar-refractivity contribution < 1.29 is 9.59 Å². The average Bonchev–Trinajstić information content (AvgIpc) is 3.33.